The SMILES string of the molecule is N[C@@H]1CC=CNN1. The van der Waals surface area contributed by atoms with E-state index in [1.807, 2.05) is 12.3 Å². The van der Waals surface area contributed by atoms with Gasteiger partial charge in [-0.3, -0.25) is 0 Å². The summed E-state index contributed by atoms with van der Waals surface area (Å²) in [5, 5.41) is 0. The molecule has 3 nitrogen and oxygen atoms in total. The van der Waals surface area contributed by atoms with Gasteiger partial charge in [-0.25, -0.2) is 5.43 Å². The van der Waals surface area contributed by atoms with Crippen LogP contribution in [0, 0.1) is 0 Å². The number of nitrogens with two attached hydrogens (primary N) is 1. The Morgan fingerprint density at radius 1 is 1.71 bits per heavy atom. The van der Waals surface area contributed by atoms with Crippen LogP contribution in [-0.2, 0) is 0 Å². The Labute approximate surface area is 42.5 Å². The summed E-state index contributed by atoms with van der Waals surface area (Å²) in [6.07, 6.45) is 4.82. The molecule has 3 heteroatoms. The molecular formula is C4H9N3. The van der Waals surface area contributed by atoms with Crippen LogP contribution in [0.4, 0.5) is 0 Å². The van der Waals surface area contributed by atoms with E-state index in [2.05, 4.69) is 10.9 Å². The van der Waals surface area contributed by atoms with Crippen molar-refractivity contribution in [1.29, 1.82) is 0 Å². The fourth-order valence-electron chi connectivity index (χ4n) is 0.488. The van der Waals surface area contributed by atoms with Crippen LogP contribution >= 0.6 is 0 Å². The highest BCUT2D eigenvalue weighted by Crippen LogP contribution is 1.86. The van der Waals surface area contributed by atoms with E-state index >= 15 is 0 Å². The third-order valence-electron chi connectivity index (χ3n) is 0.860. The van der Waals surface area contributed by atoms with Crippen molar-refractivity contribution >= 4 is 0 Å². The smallest absolute Gasteiger partial charge is 0.0760 e. The van der Waals surface area contributed by atoms with Gasteiger partial charge in [-0.15, -0.1) is 0 Å². The summed E-state index contributed by atoms with van der Waals surface area (Å²) >= 11 is 0. The zero-order valence-electron chi connectivity index (χ0n) is 4.02. The van der Waals surface area contributed by atoms with Gasteiger partial charge < -0.3 is 11.2 Å². The van der Waals surface area contributed by atoms with Crippen molar-refractivity contribution in [2.24, 2.45) is 5.73 Å². The lowest BCUT2D eigenvalue weighted by atomic mass is 10.3. The van der Waals surface area contributed by atoms with Crippen LogP contribution in [0.3, 0.4) is 0 Å². The summed E-state index contributed by atoms with van der Waals surface area (Å²) in [5.74, 6) is 0. The highest BCUT2D eigenvalue weighted by atomic mass is 15.4. The van der Waals surface area contributed by atoms with Gasteiger partial charge >= 0.3 is 0 Å². The summed E-state index contributed by atoms with van der Waals surface area (Å²) < 4.78 is 0. The molecule has 1 rings (SSSR count). The number of nitrogens with one attached hydrogen (secondary N) is 2. The van der Waals surface area contributed by atoms with Gasteiger partial charge in [0, 0.05) is 6.20 Å². The zero-order valence-corrected chi connectivity index (χ0v) is 4.02. The second-order valence-electron chi connectivity index (χ2n) is 1.53. The van der Waals surface area contributed by atoms with Crippen LogP contribution in [0.1, 0.15) is 6.42 Å². The van der Waals surface area contributed by atoms with Gasteiger partial charge in [0.1, 0.15) is 0 Å². The average Bonchev–Trinajstić information content (AvgIpc) is 1.69. The standard InChI is InChI=1S/C4H9N3/c5-4-2-1-3-6-7-4/h1,3-4,6-7H,2,5H2/t4-/m0/s1. The van der Waals surface area contributed by atoms with Crippen molar-refractivity contribution in [1.82, 2.24) is 10.9 Å². The number of rotatable bonds is 0. The van der Waals surface area contributed by atoms with Crippen molar-refractivity contribution in [2.75, 3.05) is 0 Å². The molecule has 0 aromatic rings. The summed E-state index contributed by atoms with van der Waals surface area (Å²) in [4.78, 5) is 0. The van der Waals surface area contributed by atoms with Crippen LogP contribution in [0.15, 0.2) is 12.3 Å². The molecule has 0 aromatic carbocycles. The summed E-state index contributed by atoms with van der Waals surface area (Å²) in [5.41, 5.74) is 11.0. The lowest BCUT2D eigenvalue weighted by Gasteiger charge is -2.14. The minimum absolute atomic E-state index is 0.0880. The van der Waals surface area contributed by atoms with E-state index in [0.29, 0.717) is 0 Å². The third-order valence-corrected chi connectivity index (χ3v) is 0.860. The molecule has 1 aliphatic heterocycles. The molecule has 4 N–H and O–H groups in total. The lowest BCUT2D eigenvalue weighted by Crippen LogP contribution is -2.45. The average molecular weight is 99.1 g/mol. The Bertz CT molecular complexity index is 79.0. The van der Waals surface area contributed by atoms with Crippen molar-refractivity contribution in [3.8, 4) is 0 Å². The highest BCUT2D eigenvalue weighted by molar-refractivity contribution is 4.85. The number of hydrogen-bond donors (Lipinski definition) is 3. The molecular weight excluding hydrogens is 90.1 g/mol. The van der Waals surface area contributed by atoms with E-state index < -0.39 is 0 Å². The second-order valence-corrected chi connectivity index (χ2v) is 1.53. The first-order valence-electron chi connectivity index (χ1n) is 2.31. The number of hydrogen-bond acceptors (Lipinski definition) is 3. The van der Waals surface area contributed by atoms with Crippen LogP contribution in [0.5, 0.6) is 0 Å². The van der Waals surface area contributed by atoms with Crippen molar-refractivity contribution in [2.45, 2.75) is 12.6 Å². The predicted octanol–water partition coefficient (Wildman–Crippen LogP) is -0.717. The molecule has 7 heavy (non-hydrogen) atoms. The molecule has 1 aliphatic rings. The van der Waals surface area contributed by atoms with Gasteiger partial charge in [0.05, 0.1) is 6.17 Å². The Balaban J connectivity index is 2.32. The lowest BCUT2D eigenvalue weighted by molar-refractivity contribution is 0.470. The molecule has 0 saturated carbocycles. The van der Waals surface area contributed by atoms with E-state index in [1.165, 1.54) is 0 Å². The Morgan fingerprint density at radius 3 is 2.86 bits per heavy atom. The Hall–Kier alpha value is -0.540. The first-order chi connectivity index (χ1) is 3.39. The maximum absolute atomic E-state index is 5.41. The molecule has 0 bridgehead atoms. The maximum Gasteiger partial charge on any atom is 0.0760 e. The maximum atomic E-state index is 5.41. The minimum atomic E-state index is 0.0880. The monoisotopic (exact) mass is 99.1 g/mol. The van der Waals surface area contributed by atoms with E-state index in [4.69, 9.17) is 5.73 Å². The number of hydrazine groups is 1. The molecule has 0 radical (unpaired) electrons. The normalized spacial score (nSPS) is 29.6. The minimum Gasteiger partial charge on any atom is -0.328 e. The van der Waals surface area contributed by atoms with Crippen LogP contribution in [0.25, 0.3) is 0 Å². The molecule has 40 valence electrons. The molecule has 0 saturated heterocycles. The summed E-state index contributed by atoms with van der Waals surface area (Å²) in [7, 11) is 0. The largest absolute Gasteiger partial charge is 0.328 e. The van der Waals surface area contributed by atoms with Gasteiger partial charge in [0.25, 0.3) is 0 Å². The molecule has 0 amide bonds. The Morgan fingerprint density at radius 2 is 2.57 bits per heavy atom. The van der Waals surface area contributed by atoms with E-state index in [9.17, 15) is 0 Å². The molecule has 0 spiro atoms. The van der Waals surface area contributed by atoms with Gasteiger partial charge in [-0.05, 0) is 6.42 Å². The quantitative estimate of drug-likeness (QED) is 0.376. The molecule has 0 unspecified atom stereocenters. The van der Waals surface area contributed by atoms with E-state index in [0.717, 1.165) is 6.42 Å². The van der Waals surface area contributed by atoms with Gasteiger partial charge in [-0.1, -0.05) is 6.08 Å². The van der Waals surface area contributed by atoms with Crippen LogP contribution in [0.2, 0.25) is 0 Å². The van der Waals surface area contributed by atoms with Crippen LogP contribution in [-0.4, -0.2) is 6.17 Å². The molecule has 1 atom stereocenters. The fourth-order valence-corrected chi connectivity index (χ4v) is 0.488. The van der Waals surface area contributed by atoms with Crippen molar-refractivity contribution < 1.29 is 0 Å². The molecule has 0 fully saturated rings. The van der Waals surface area contributed by atoms with Gasteiger partial charge in [0.2, 0.25) is 0 Å². The molecule has 1 heterocycles. The Kier molecular flexibility index (Phi) is 1.29. The van der Waals surface area contributed by atoms with Crippen molar-refractivity contribution in [3.05, 3.63) is 12.3 Å². The first kappa shape index (κ1) is 4.61. The predicted molar refractivity (Wildman–Crippen MR) is 28.0 cm³/mol. The van der Waals surface area contributed by atoms with Crippen molar-refractivity contribution in [3.63, 3.8) is 0 Å². The summed E-state index contributed by atoms with van der Waals surface area (Å²) in [6, 6.07) is 0. The second kappa shape index (κ2) is 1.95. The van der Waals surface area contributed by atoms with E-state index in [-0.39, 0.29) is 6.17 Å². The first-order valence-corrected chi connectivity index (χ1v) is 2.31. The fraction of sp³-hybridized carbons (Fsp3) is 0.500. The summed E-state index contributed by atoms with van der Waals surface area (Å²) in [6.45, 7) is 0. The molecule has 0 aromatic heterocycles. The zero-order chi connectivity index (χ0) is 5.11. The topological polar surface area (TPSA) is 50.1 Å². The van der Waals surface area contributed by atoms with Gasteiger partial charge in [-0.2, -0.15) is 0 Å². The van der Waals surface area contributed by atoms with Gasteiger partial charge in [0.15, 0.2) is 0 Å². The third kappa shape index (κ3) is 1.17. The highest BCUT2D eigenvalue weighted by Gasteiger charge is 1.97. The van der Waals surface area contributed by atoms with Crippen LogP contribution < -0.4 is 16.6 Å². The molecule has 0 aliphatic carbocycles. The van der Waals surface area contributed by atoms with E-state index in [1.54, 1.807) is 0 Å².